The van der Waals surface area contributed by atoms with Crippen LogP contribution >= 0.6 is 0 Å². The van der Waals surface area contributed by atoms with Crippen LogP contribution in [0, 0.1) is 0 Å². The summed E-state index contributed by atoms with van der Waals surface area (Å²) in [6, 6.07) is -0.290. The third kappa shape index (κ3) is 11.6. The summed E-state index contributed by atoms with van der Waals surface area (Å²) in [5.41, 5.74) is -0.965. The Labute approximate surface area is 181 Å². The smallest absolute Gasteiger partial charge is 0.407 e. The summed E-state index contributed by atoms with van der Waals surface area (Å²) >= 11 is 0. The van der Waals surface area contributed by atoms with E-state index in [9.17, 15) is 19.8 Å². The van der Waals surface area contributed by atoms with E-state index in [1.165, 1.54) is 0 Å². The Hall–Kier alpha value is -1.54. The minimum absolute atomic E-state index is 0.145. The highest BCUT2D eigenvalue weighted by molar-refractivity contribution is 5.68. The van der Waals surface area contributed by atoms with Crippen molar-refractivity contribution in [1.82, 2.24) is 10.6 Å². The van der Waals surface area contributed by atoms with Gasteiger partial charge in [-0.3, -0.25) is 0 Å². The topological polar surface area (TPSA) is 117 Å². The van der Waals surface area contributed by atoms with E-state index in [4.69, 9.17) is 9.47 Å². The molecule has 2 rings (SSSR count). The Morgan fingerprint density at radius 3 is 1.23 bits per heavy atom. The van der Waals surface area contributed by atoms with Crippen molar-refractivity contribution < 1.29 is 29.3 Å². The van der Waals surface area contributed by atoms with Crippen molar-refractivity contribution in [3.63, 3.8) is 0 Å². The van der Waals surface area contributed by atoms with Gasteiger partial charge in [-0.25, -0.2) is 9.59 Å². The Balaban J connectivity index is 0.000000300. The van der Waals surface area contributed by atoms with Gasteiger partial charge in [0.05, 0.1) is 24.3 Å². The first kappa shape index (κ1) is 26.5. The fraction of sp³-hybridized carbons (Fsp3) is 0.909. The van der Waals surface area contributed by atoms with Crippen LogP contribution in [0.2, 0.25) is 0 Å². The van der Waals surface area contributed by atoms with Crippen LogP contribution in [0.3, 0.4) is 0 Å². The van der Waals surface area contributed by atoms with Gasteiger partial charge in [0.2, 0.25) is 0 Å². The molecule has 0 spiro atoms. The molecule has 176 valence electrons. The van der Waals surface area contributed by atoms with Crippen molar-refractivity contribution in [1.29, 1.82) is 0 Å². The highest BCUT2D eigenvalue weighted by Gasteiger charge is 2.27. The standard InChI is InChI=1S/2C11H21NO3/c2*1-11(2,3)15-10(14)12-8-6-4-5-7-9(8)13/h2*8-9,13H,4-7H2,1-3H3,(H,12,14)/t2*8-,9-/m10/s1. The molecule has 0 aromatic heterocycles. The van der Waals surface area contributed by atoms with E-state index in [0.717, 1.165) is 51.4 Å². The van der Waals surface area contributed by atoms with E-state index < -0.39 is 35.6 Å². The number of aliphatic hydroxyl groups excluding tert-OH is 2. The van der Waals surface area contributed by atoms with Gasteiger partial charge in [0, 0.05) is 0 Å². The van der Waals surface area contributed by atoms with Crippen molar-refractivity contribution in [3.8, 4) is 0 Å². The molecule has 0 bridgehead atoms. The van der Waals surface area contributed by atoms with Gasteiger partial charge in [-0.1, -0.05) is 25.7 Å². The van der Waals surface area contributed by atoms with Crippen LogP contribution in [0.1, 0.15) is 92.9 Å². The number of aliphatic hydroxyl groups is 2. The van der Waals surface area contributed by atoms with Crippen LogP contribution in [0.15, 0.2) is 0 Å². The highest BCUT2D eigenvalue weighted by Crippen LogP contribution is 2.20. The average molecular weight is 431 g/mol. The minimum Gasteiger partial charge on any atom is -0.444 e. The molecule has 4 N–H and O–H groups in total. The number of amides is 2. The zero-order chi connectivity index (χ0) is 22.9. The van der Waals surface area contributed by atoms with Gasteiger partial charge < -0.3 is 30.3 Å². The first-order valence-corrected chi connectivity index (χ1v) is 11.1. The third-order valence-electron chi connectivity index (χ3n) is 4.86. The maximum Gasteiger partial charge on any atom is 0.407 e. The largest absolute Gasteiger partial charge is 0.444 e. The fourth-order valence-electron chi connectivity index (χ4n) is 3.48. The van der Waals surface area contributed by atoms with Crippen LogP contribution in [0.25, 0.3) is 0 Å². The molecule has 2 amide bonds. The van der Waals surface area contributed by atoms with Crippen molar-refractivity contribution in [2.45, 2.75) is 128 Å². The lowest BCUT2D eigenvalue weighted by Crippen LogP contribution is -2.46. The van der Waals surface area contributed by atoms with Gasteiger partial charge in [0.25, 0.3) is 0 Å². The van der Waals surface area contributed by atoms with Crippen molar-refractivity contribution in [3.05, 3.63) is 0 Å². The predicted molar refractivity (Wildman–Crippen MR) is 115 cm³/mol. The molecule has 30 heavy (non-hydrogen) atoms. The number of alkyl carbamates (subject to hydrolysis) is 2. The molecule has 0 aromatic carbocycles. The van der Waals surface area contributed by atoms with Crippen LogP contribution < -0.4 is 10.6 Å². The summed E-state index contributed by atoms with van der Waals surface area (Å²) in [7, 11) is 0. The van der Waals surface area contributed by atoms with Crippen molar-refractivity contribution >= 4 is 12.2 Å². The summed E-state index contributed by atoms with van der Waals surface area (Å²) in [5.74, 6) is 0. The zero-order valence-electron chi connectivity index (χ0n) is 19.5. The second kappa shape index (κ2) is 11.7. The molecular formula is C22H42N2O6. The molecule has 0 aliphatic heterocycles. The lowest BCUT2D eigenvalue weighted by atomic mass is 9.93. The number of nitrogens with one attached hydrogen (secondary N) is 2. The molecule has 0 saturated heterocycles. The molecule has 2 saturated carbocycles. The van der Waals surface area contributed by atoms with E-state index >= 15 is 0 Å². The Kier molecular flexibility index (Phi) is 10.4. The second-order valence-corrected chi connectivity index (χ2v) is 10.2. The van der Waals surface area contributed by atoms with E-state index in [-0.39, 0.29) is 12.1 Å². The molecule has 8 heteroatoms. The monoisotopic (exact) mass is 430 g/mol. The maximum absolute atomic E-state index is 11.4. The molecule has 0 heterocycles. The van der Waals surface area contributed by atoms with Crippen LogP contribution in [-0.4, -0.2) is 57.9 Å². The molecule has 0 aromatic rings. The molecular weight excluding hydrogens is 388 g/mol. The van der Waals surface area contributed by atoms with Gasteiger partial charge in [0.1, 0.15) is 11.2 Å². The van der Waals surface area contributed by atoms with E-state index in [2.05, 4.69) is 10.6 Å². The number of hydrogen-bond acceptors (Lipinski definition) is 6. The van der Waals surface area contributed by atoms with Crippen molar-refractivity contribution in [2.75, 3.05) is 0 Å². The lowest BCUT2D eigenvalue weighted by Gasteiger charge is -2.29. The van der Waals surface area contributed by atoms with Crippen molar-refractivity contribution in [2.24, 2.45) is 0 Å². The van der Waals surface area contributed by atoms with E-state index in [1.807, 2.05) is 41.5 Å². The van der Waals surface area contributed by atoms with E-state index in [0.29, 0.717) is 0 Å². The summed E-state index contributed by atoms with van der Waals surface area (Å²) in [4.78, 5) is 22.9. The Morgan fingerprint density at radius 1 is 0.667 bits per heavy atom. The predicted octanol–water partition coefficient (Wildman–Crippen LogP) is 3.63. The fourth-order valence-corrected chi connectivity index (χ4v) is 3.48. The van der Waals surface area contributed by atoms with E-state index in [1.54, 1.807) is 0 Å². The van der Waals surface area contributed by atoms with Gasteiger partial charge >= 0.3 is 12.2 Å². The normalized spacial score (nSPS) is 27.2. The Morgan fingerprint density at radius 2 is 0.967 bits per heavy atom. The summed E-state index contributed by atoms with van der Waals surface area (Å²) in [6.07, 6.45) is 5.65. The molecule has 0 unspecified atom stereocenters. The molecule has 4 atom stereocenters. The third-order valence-corrected chi connectivity index (χ3v) is 4.86. The van der Waals surface area contributed by atoms with Gasteiger partial charge in [0.15, 0.2) is 0 Å². The zero-order valence-corrected chi connectivity index (χ0v) is 19.5. The summed E-state index contributed by atoms with van der Waals surface area (Å²) in [6.45, 7) is 10.9. The number of rotatable bonds is 2. The first-order valence-electron chi connectivity index (χ1n) is 11.1. The number of carbonyl (C=O) groups is 2. The number of carbonyl (C=O) groups excluding carboxylic acids is 2. The molecule has 2 fully saturated rings. The van der Waals surface area contributed by atoms with Crippen LogP contribution in [0.5, 0.6) is 0 Å². The van der Waals surface area contributed by atoms with Gasteiger partial charge in [-0.2, -0.15) is 0 Å². The van der Waals surface area contributed by atoms with Gasteiger partial charge in [-0.15, -0.1) is 0 Å². The summed E-state index contributed by atoms with van der Waals surface area (Å²) in [5, 5.41) is 24.7. The minimum atomic E-state index is -0.482. The SMILES string of the molecule is CC(C)(C)OC(=O)N[C@@H]1CCCC[C@H]1O.CC(C)(C)OC(=O)N[C@H]1CCCC[C@@H]1O. The lowest BCUT2D eigenvalue weighted by molar-refractivity contribution is 0.0357. The quantitative estimate of drug-likeness (QED) is 0.531. The molecule has 2 aliphatic carbocycles. The van der Waals surface area contributed by atoms with Crippen LogP contribution in [0.4, 0.5) is 9.59 Å². The average Bonchev–Trinajstić information content (AvgIpc) is 2.56. The molecule has 0 radical (unpaired) electrons. The Bertz CT molecular complexity index is 493. The molecule has 2 aliphatic rings. The highest BCUT2D eigenvalue weighted by atomic mass is 16.6. The first-order chi connectivity index (χ1) is 13.8. The van der Waals surface area contributed by atoms with Gasteiger partial charge in [-0.05, 0) is 67.2 Å². The summed E-state index contributed by atoms with van der Waals surface area (Å²) < 4.78 is 10.3. The second-order valence-electron chi connectivity index (χ2n) is 10.2. The number of hydrogen-bond donors (Lipinski definition) is 4. The molecule has 8 nitrogen and oxygen atoms in total. The number of ether oxygens (including phenoxy) is 2. The maximum atomic E-state index is 11.4. The van der Waals surface area contributed by atoms with Crippen LogP contribution in [-0.2, 0) is 9.47 Å².